The molecule has 0 bridgehead atoms. The van der Waals surface area contributed by atoms with Crippen molar-refractivity contribution in [3.05, 3.63) is 0 Å². The van der Waals surface area contributed by atoms with Crippen molar-refractivity contribution in [2.75, 3.05) is 0 Å². The van der Waals surface area contributed by atoms with Gasteiger partial charge in [-0.25, -0.2) is 0 Å². The standard InChI is InChI=1S/C10H17NO2/c1-8(13)9-3-5-10(2,6-4-9)11-7-12/h7,9H,3-6H2,1-2H3,(H,11,12). The lowest BCUT2D eigenvalue weighted by molar-refractivity contribution is -0.122. The van der Waals surface area contributed by atoms with Crippen LogP contribution in [0.2, 0.25) is 0 Å². The quantitative estimate of drug-likeness (QED) is 0.670. The predicted molar refractivity (Wildman–Crippen MR) is 50.2 cm³/mol. The minimum absolute atomic E-state index is 0.0757. The number of carbonyl (C=O) groups is 2. The molecule has 0 radical (unpaired) electrons. The van der Waals surface area contributed by atoms with Crippen molar-refractivity contribution >= 4 is 12.2 Å². The van der Waals surface area contributed by atoms with E-state index in [4.69, 9.17) is 0 Å². The second-order valence-electron chi connectivity index (χ2n) is 4.21. The molecule has 3 nitrogen and oxygen atoms in total. The number of ketones is 1. The monoisotopic (exact) mass is 183 g/mol. The summed E-state index contributed by atoms with van der Waals surface area (Å²) >= 11 is 0. The van der Waals surface area contributed by atoms with Crippen molar-refractivity contribution in [2.24, 2.45) is 5.92 Å². The predicted octanol–water partition coefficient (Wildman–Crippen LogP) is 1.27. The van der Waals surface area contributed by atoms with E-state index in [1.165, 1.54) is 0 Å². The van der Waals surface area contributed by atoms with Gasteiger partial charge in [0.25, 0.3) is 0 Å². The molecule has 0 saturated heterocycles. The van der Waals surface area contributed by atoms with Gasteiger partial charge in [-0.1, -0.05) is 0 Å². The Bertz CT molecular complexity index is 205. The molecule has 1 N–H and O–H groups in total. The normalized spacial score (nSPS) is 33.8. The van der Waals surface area contributed by atoms with Crippen LogP contribution < -0.4 is 5.32 Å². The summed E-state index contributed by atoms with van der Waals surface area (Å²) in [5.74, 6) is 0.509. The third kappa shape index (κ3) is 2.54. The van der Waals surface area contributed by atoms with Crippen molar-refractivity contribution in [1.29, 1.82) is 0 Å². The molecule has 0 aliphatic heterocycles. The van der Waals surface area contributed by atoms with E-state index in [1.54, 1.807) is 6.92 Å². The SMILES string of the molecule is CC(=O)C1CCC(C)(NC=O)CC1. The molecule has 0 aromatic carbocycles. The molecule has 1 aliphatic carbocycles. The summed E-state index contributed by atoms with van der Waals surface area (Å²) in [6, 6.07) is 0. The Morgan fingerprint density at radius 1 is 1.46 bits per heavy atom. The van der Waals surface area contributed by atoms with Gasteiger partial charge in [0.15, 0.2) is 0 Å². The highest BCUT2D eigenvalue weighted by Gasteiger charge is 2.31. The molecular weight excluding hydrogens is 166 g/mol. The minimum atomic E-state index is -0.0757. The minimum Gasteiger partial charge on any atom is -0.354 e. The van der Waals surface area contributed by atoms with Gasteiger partial charge in [0.1, 0.15) is 5.78 Å². The summed E-state index contributed by atoms with van der Waals surface area (Å²) in [6.07, 6.45) is 4.40. The van der Waals surface area contributed by atoms with Crippen LogP contribution in [0, 0.1) is 5.92 Å². The van der Waals surface area contributed by atoms with Gasteiger partial charge in [-0.3, -0.25) is 9.59 Å². The van der Waals surface area contributed by atoms with E-state index >= 15 is 0 Å². The maximum absolute atomic E-state index is 11.1. The van der Waals surface area contributed by atoms with Gasteiger partial charge in [0, 0.05) is 11.5 Å². The fourth-order valence-corrected chi connectivity index (χ4v) is 1.95. The molecule has 13 heavy (non-hydrogen) atoms. The third-order valence-corrected chi connectivity index (χ3v) is 3.07. The number of carbonyl (C=O) groups excluding carboxylic acids is 2. The van der Waals surface area contributed by atoms with Crippen LogP contribution in [0.4, 0.5) is 0 Å². The highest BCUT2D eigenvalue weighted by atomic mass is 16.1. The summed E-state index contributed by atoms with van der Waals surface area (Å²) in [4.78, 5) is 21.4. The number of amides is 1. The molecule has 1 saturated carbocycles. The first-order valence-electron chi connectivity index (χ1n) is 4.79. The van der Waals surface area contributed by atoms with Crippen molar-refractivity contribution in [3.63, 3.8) is 0 Å². The smallest absolute Gasteiger partial charge is 0.207 e. The average molecular weight is 183 g/mol. The molecule has 0 unspecified atom stereocenters. The highest BCUT2D eigenvalue weighted by Crippen LogP contribution is 2.31. The van der Waals surface area contributed by atoms with Crippen LogP contribution in [0.5, 0.6) is 0 Å². The summed E-state index contributed by atoms with van der Waals surface area (Å²) in [5, 5.41) is 2.83. The second-order valence-corrected chi connectivity index (χ2v) is 4.21. The van der Waals surface area contributed by atoms with Crippen LogP contribution in [0.25, 0.3) is 0 Å². The Hall–Kier alpha value is -0.860. The number of hydrogen-bond acceptors (Lipinski definition) is 2. The van der Waals surface area contributed by atoms with Gasteiger partial charge in [0.2, 0.25) is 6.41 Å². The lowest BCUT2D eigenvalue weighted by Crippen LogP contribution is -2.45. The molecule has 0 atom stereocenters. The first-order valence-corrected chi connectivity index (χ1v) is 4.79. The van der Waals surface area contributed by atoms with E-state index in [1.807, 2.05) is 6.92 Å². The zero-order valence-corrected chi connectivity index (χ0v) is 8.30. The Morgan fingerprint density at radius 3 is 2.38 bits per heavy atom. The Kier molecular flexibility index (Phi) is 3.07. The van der Waals surface area contributed by atoms with Crippen LogP contribution in [0.3, 0.4) is 0 Å². The fourth-order valence-electron chi connectivity index (χ4n) is 1.95. The maximum Gasteiger partial charge on any atom is 0.207 e. The molecule has 1 aliphatic rings. The number of nitrogens with one attached hydrogen (secondary N) is 1. The summed E-state index contributed by atoms with van der Waals surface area (Å²) in [5.41, 5.74) is -0.0757. The first kappa shape index (κ1) is 10.2. The molecule has 1 fully saturated rings. The zero-order valence-electron chi connectivity index (χ0n) is 8.30. The molecular formula is C10H17NO2. The molecule has 0 heterocycles. The van der Waals surface area contributed by atoms with Gasteiger partial charge >= 0.3 is 0 Å². The van der Waals surface area contributed by atoms with Crippen LogP contribution in [0.15, 0.2) is 0 Å². The second kappa shape index (κ2) is 3.90. The van der Waals surface area contributed by atoms with Gasteiger partial charge in [-0.2, -0.15) is 0 Å². The largest absolute Gasteiger partial charge is 0.354 e. The van der Waals surface area contributed by atoms with E-state index in [-0.39, 0.29) is 17.2 Å². The summed E-state index contributed by atoms with van der Waals surface area (Å²) in [6.45, 7) is 3.69. The maximum atomic E-state index is 11.1. The summed E-state index contributed by atoms with van der Waals surface area (Å²) < 4.78 is 0. The fraction of sp³-hybridized carbons (Fsp3) is 0.800. The Balaban J connectivity index is 2.46. The molecule has 0 aromatic rings. The number of hydrogen-bond donors (Lipinski definition) is 1. The Morgan fingerprint density at radius 2 is 2.00 bits per heavy atom. The molecule has 3 heteroatoms. The van der Waals surface area contributed by atoms with Crippen LogP contribution in [-0.2, 0) is 9.59 Å². The van der Waals surface area contributed by atoms with Crippen LogP contribution in [0.1, 0.15) is 39.5 Å². The van der Waals surface area contributed by atoms with Gasteiger partial charge in [0.05, 0.1) is 0 Å². The van der Waals surface area contributed by atoms with Gasteiger partial charge < -0.3 is 5.32 Å². The zero-order chi connectivity index (χ0) is 9.90. The molecule has 0 aromatic heterocycles. The average Bonchev–Trinajstić information content (AvgIpc) is 2.05. The molecule has 1 rings (SSSR count). The lowest BCUT2D eigenvalue weighted by Gasteiger charge is -2.36. The van der Waals surface area contributed by atoms with Gasteiger partial charge in [-0.05, 0) is 39.5 Å². The van der Waals surface area contributed by atoms with E-state index in [0.717, 1.165) is 32.1 Å². The lowest BCUT2D eigenvalue weighted by atomic mass is 9.76. The van der Waals surface area contributed by atoms with Crippen molar-refractivity contribution in [1.82, 2.24) is 5.32 Å². The highest BCUT2D eigenvalue weighted by molar-refractivity contribution is 5.78. The number of Topliss-reactive ketones (excluding diaryl/α,β-unsaturated/α-hetero) is 1. The molecule has 1 amide bonds. The number of rotatable bonds is 3. The van der Waals surface area contributed by atoms with Crippen molar-refractivity contribution in [3.8, 4) is 0 Å². The van der Waals surface area contributed by atoms with Crippen molar-refractivity contribution < 1.29 is 9.59 Å². The molecule has 74 valence electrons. The topological polar surface area (TPSA) is 46.2 Å². The van der Waals surface area contributed by atoms with Crippen molar-refractivity contribution in [2.45, 2.75) is 45.1 Å². The third-order valence-electron chi connectivity index (χ3n) is 3.07. The van der Waals surface area contributed by atoms with Crippen LogP contribution >= 0.6 is 0 Å². The summed E-state index contributed by atoms with van der Waals surface area (Å²) in [7, 11) is 0. The van der Waals surface area contributed by atoms with E-state index in [0.29, 0.717) is 0 Å². The van der Waals surface area contributed by atoms with E-state index in [2.05, 4.69) is 5.32 Å². The molecule has 0 spiro atoms. The van der Waals surface area contributed by atoms with E-state index in [9.17, 15) is 9.59 Å². The first-order chi connectivity index (χ1) is 6.07. The van der Waals surface area contributed by atoms with E-state index < -0.39 is 0 Å². The van der Waals surface area contributed by atoms with Crippen LogP contribution in [-0.4, -0.2) is 17.7 Å². The van der Waals surface area contributed by atoms with Gasteiger partial charge in [-0.15, -0.1) is 0 Å². The Labute approximate surface area is 78.9 Å².